The smallest absolute Gasteiger partial charge is 0.405 e. The molecule has 8 nitrogen and oxygen atoms in total. The summed E-state index contributed by atoms with van der Waals surface area (Å²) in [4.78, 5) is 18.8. The summed E-state index contributed by atoms with van der Waals surface area (Å²) in [5, 5.41) is 22.6. The van der Waals surface area contributed by atoms with E-state index in [1.54, 1.807) is 6.20 Å². The van der Waals surface area contributed by atoms with E-state index in [0.717, 1.165) is 29.8 Å². The Labute approximate surface area is 231 Å². The second-order valence-corrected chi connectivity index (χ2v) is 23.7. The minimum Gasteiger partial charge on any atom is -0.465 e. The summed E-state index contributed by atoms with van der Waals surface area (Å²) in [7, 11) is -4.15. The van der Waals surface area contributed by atoms with Crippen LogP contribution in [0.2, 0.25) is 36.3 Å². The van der Waals surface area contributed by atoms with Crippen LogP contribution in [0.4, 0.5) is 10.5 Å². The average Bonchev–Trinajstić information content (AvgIpc) is 3.15. The minimum atomic E-state index is -2.14. The maximum absolute atomic E-state index is 11.8. The predicted octanol–water partition coefficient (Wildman–Crippen LogP) is 6.45. The van der Waals surface area contributed by atoms with Crippen LogP contribution in [-0.4, -0.2) is 58.1 Å². The van der Waals surface area contributed by atoms with Crippen molar-refractivity contribution < 1.29 is 18.8 Å². The number of nitrogens with one attached hydrogen (secondary N) is 1. The Morgan fingerprint density at radius 3 is 2.21 bits per heavy atom. The first-order chi connectivity index (χ1) is 17.3. The first kappa shape index (κ1) is 30.6. The van der Waals surface area contributed by atoms with Gasteiger partial charge in [0.15, 0.2) is 16.6 Å². The summed E-state index contributed by atoms with van der Waals surface area (Å²) in [5.41, 5.74) is 3.41. The van der Waals surface area contributed by atoms with Crippen LogP contribution < -0.4 is 10.2 Å². The van der Waals surface area contributed by atoms with Crippen molar-refractivity contribution in [3.8, 4) is 6.07 Å². The number of aromatic nitrogens is 1. The van der Waals surface area contributed by atoms with Crippen molar-refractivity contribution in [3.63, 3.8) is 0 Å². The van der Waals surface area contributed by atoms with E-state index in [9.17, 15) is 15.2 Å². The van der Waals surface area contributed by atoms with E-state index < -0.39 is 28.8 Å². The third kappa shape index (κ3) is 6.11. The summed E-state index contributed by atoms with van der Waals surface area (Å²) < 4.78 is 13.6. The highest BCUT2D eigenvalue weighted by Gasteiger charge is 2.46. The van der Waals surface area contributed by atoms with E-state index in [1.807, 2.05) is 0 Å². The molecule has 0 radical (unpaired) electrons. The third-order valence-corrected chi connectivity index (χ3v) is 18.2. The van der Waals surface area contributed by atoms with Gasteiger partial charge in [0, 0.05) is 30.8 Å². The van der Waals surface area contributed by atoms with Gasteiger partial charge in [-0.25, -0.2) is 4.79 Å². The van der Waals surface area contributed by atoms with Crippen molar-refractivity contribution in [3.05, 3.63) is 23.0 Å². The summed E-state index contributed by atoms with van der Waals surface area (Å²) in [5.74, 6) is 0.0609. The lowest BCUT2D eigenvalue weighted by molar-refractivity contribution is 0.0721. The van der Waals surface area contributed by atoms with Crippen LogP contribution in [0.5, 0.6) is 0 Å². The fourth-order valence-electron chi connectivity index (χ4n) is 5.03. The lowest BCUT2D eigenvalue weighted by Crippen LogP contribution is -2.62. The van der Waals surface area contributed by atoms with Gasteiger partial charge in [-0.3, -0.25) is 4.98 Å². The number of hydrogen-bond donors (Lipinski definition) is 2. The Morgan fingerprint density at radius 2 is 1.68 bits per heavy atom. The Hall–Kier alpha value is -1.94. The minimum absolute atomic E-state index is 0.0106. The number of rotatable bonds is 6. The van der Waals surface area contributed by atoms with Crippen LogP contribution in [0.1, 0.15) is 77.8 Å². The Kier molecular flexibility index (Phi) is 8.51. The summed E-state index contributed by atoms with van der Waals surface area (Å²) in [6, 6.07) is 1.94. The van der Waals surface area contributed by atoms with Gasteiger partial charge in [-0.1, -0.05) is 48.5 Å². The summed E-state index contributed by atoms with van der Waals surface area (Å²) >= 11 is 0. The van der Waals surface area contributed by atoms with Crippen LogP contribution in [0, 0.1) is 17.2 Å². The quantitative estimate of drug-likeness (QED) is 0.385. The van der Waals surface area contributed by atoms with E-state index in [2.05, 4.69) is 90.9 Å². The van der Waals surface area contributed by atoms with Crippen LogP contribution in [0.3, 0.4) is 0 Å². The highest BCUT2D eigenvalue weighted by atomic mass is 28.4. The lowest BCUT2D eigenvalue weighted by atomic mass is 9.91. The number of nitriles is 1. The number of carboxylic acid groups (broad SMARTS) is 1. The van der Waals surface area contributed by atoms with Crippen molar-refractivity contribution in [2.75, 3.05) is 18.0 Å². The van der Waals surface area contributed by atoms with E-state index in [0.29, 0.717) is 18.7 Å². The molecule has 0 aromatic carbocycles. The maximum atomic E-state index is 11.8. The highest BCUT2D eigenvalue weighted by molar-refractivity contribution is 6.74. The zero-order valence-corrected chi connectivity index (χ0v) is 27.2. The van der Waals surface area contributed by atoms with Crippen molar-refractivity contribution in [2.24, 2.45) is 5.92 Å². The van der Waals surface area contributed by atoms with Gasteiger partial charge in [-0.2, -0.15) is 5.26 Å². The van der Waals surface area contributed by atoms with Crippen molar-refractivity contribution >= 4 is 28.4 Å². The summed E-state index contributed by atoms with van der Waals surface area (Å²) in [6.45, 7) is 25.5. The number of amides is 1. The van der Waals surface area contributed by atoms with E-state index in [1.165, 1.54) is 0 Å². The van der Waals surface area contributed by atoms with Crippen LogP contribution >= 0.6 is 0 Å². The largest absolute Gasteiger partial charge is 0.465 e. The molecule has 1 aliphatic heterocycles. The van der Waals surface area contributed by atoms with E-state index >= 15 is 0 Å². The molecule has 38 heavy (non-hydrogen) atoms. The molecule has 0 spiro atoms. The molecule has 212 valence electrons. The number of fused-ring (bicyclic) bond motifs is 1. The van der Waals surface area contributed by atoms with Gasteiger partial charge in [0.2, 0.25) is 0 Å². The van der Waals surface area contributed by atoms with Crippen molar-refractivity contribution in [1.82, 2.24) is 10.3 Å². The van der Waals surface area contributed by atoms with Gasteiger partial charge >= 0.3 is 6.09 Å². The fourth-order valence-corrected chi connectivity index (χ4v) is 7.76. The average molecular weight is 561 g/mol. The predicted molar refractivity (Wildman–Crippen MR) is 157 cm³/mol. The molecule has 0 saturated carbocycles. The molecular formula is C28H48N4O4Si2. The summed E-state index contributed by atoms with van der Waals surface area (Å²) in [6.07, 6.45) is 1.92. The normalized spacial score (nSPS) is 24.6. The van der Waals surface area contributed by atoms with Crippen molar-refractivity contribution in [2.45, 2.75) is 116 Å². The molecule has 10 heteroatoms. The van der Waals surface area contributed by atoms with Crippen LogP contribution in [0.15, 0.2) is 6.20 Å². The Balaban J connectivity index is 1.98. The number of carbonyl (C=O) groups is 1. The van der Waals surface area contributed by atoms with Gasteiger partial charge < -0.3 is 24.2 Å². The molecule has 1 fully saturated rings. The first-order valence-corrected chi connectivity index (χ1v) is 19.6. The standard InChI is InChI=1S/C28H48N4O4Si2/c1-18-16-32(17-21(31-26(33)34)25(18)36-38(10,11)28(5,6)7)24-19(14-29)15-30-23-20(24)12-13-22(23)35-37(8,9)27(2,3)4/h15,18,21-22,25,31H,12-13,16-17H2,1-11H3,(H,33,34)/t18-,21+,22+,25+/m0/s1. The number of hydrogen-bond acceptors (Lipinski definition) is 6. The fraction of sp³-hybridized carbons (Fsp3) is 0.750. The number of anilines is 1. The molecule has 4 atom stereocenters. The molecule has 3 rings (SSSR count). The van der Waals surface area contributed by atoms with Gasteiger partial charge in [0.05, 0.1) is 35.2 Å². The molecule has 1 aromatic rings. The molecule has 1 aromatic heterocycles. The molecule has 1 amide bonds. The maximum Gasteiger partial charge on any atom is 0.405 e. The Bertz CT molecular complexity index is 1090. The topological polar surface area (TPSA) is 108 Å². The van der Waals surface area contributed by atoms with Crippen LogP contribution in [-0.2, 0) is 15.3 Å². The van der Waals surface area contributed by atoms with E-state index in [4.69, 9.17) is 13.8 Å². The monoisotopic (exact) mass is 560 g/mol. The van der Waals surface area contributed by atoms with Gasteiger partial charge in [0.25, 0.3) is 0 Å². The zero-order chi connectivity index (χ0) is 28.8. The molecule has 1 saturated heterocycles. The van der Waals surface area contributed by atoms with Crippen molar-refractivity contribution in [1.29, 1.82) is 5.26 Å². The number of nitrogens with zero attached hydrogens (tertiary/aromatic N) is 3. The molecule has 2 heterocycles. The number of pyridine rings is 1. The molecular weight excluding hydrogens is 513 g/mol. The van der Waals surface area contributed by atoms with Gasteiger partial charge in [0.1, 0.15) is 6.07 Å². The van der Waals surface area contributed by atoms with Gasteiger partial charge in [-0.15, -0.1) is 0 Å². The first-order valence-electron chi connectivity index (χ1n) is 13.8. The second kappa shape index (κ2) is 10.6. The Morgan fingerprint density at radius 1 is 1.11 bits per heavy atom. The lowest BCUT2D eigenvalue weighted by Gasteiger charge is -2.48. The van der Waals surface area contributed by atoms with E-state index in [-0.39, 0.29) is 28.2 Å². The van der Waals surface area contributed by atoms with Crippen LogP contribution in [0.25, 0.3) is 0 Å². The second-order valence-electron chi connectivity index (χ2n) is 14.2. The molecule has 1 aliphatic carbocycles. The number of piperidine rings is 1. The third-order valence-electron chi connectivity index (χ3n) is 9.25. The highest BCUT2D eigenvalue weighted by Crippen LogP contribution is 2.46. The molecule has 2 N–H and O–H groups in total. The SMILES string of the molecule is C[C@H]1CN(c2c(C#N)cnc3c2CC[C@H]3O[Si](C)(C)C(C)(C)C)C[C@@H](NC(=O)O)[C@@H]1O[Si](C)(C)C(C)(C)C. The molecule has 2 aliphatic rings. The van der Waals surface area contributed by atoms with Gasteiger partial charge in [-0.05, 0) is 49.1 Å². The molecule has 0 unspecified atom stereocenters. The molecule has 0 bridgehead atoms. The zero-order valence-electron chi connectivity index (χ0n) is 25.2.